The molecule has 0 fully saturated rings. The van der Waals surface area contributed by atoms with Gasteiger partial charge in [-0.05, 0) is 17.7 Å². The van der Waals surface area contributed by atoms with Gasteiger partial charge in [-0.2, -0.15) is 0 Å². The predicted molar refractivity (Wildman–Crippen MR) is 70.2 cm³/mol. The first-order valence-electron chi connectivity index (χ1n) is 5.93. The normalized spacial score (nSPS) is 11.2. The van der Waals surface area contributed by atoms with Crippen molar-refractivity contribution in [2.45, 2.75) is 13.0 Å². The Morgan fingerprint density at radius 3 is 2.65 bits per heavy atom. The molecule has 0 unspecified atom stereocenters. The van der Waals surface area contributed by atoms with Crippen molar-refractivity contribution in [1.29, 1.82) is 0 Å². The smallest absolute Gasteiger partial charge is 0.264 e. The SMILES string of the molecule is Fc1cccc(CON=Cc2ccccc2C(F)F)c1. The van der Waals surface area contributed by atoms with E-state index in [1.807, 2.05) is 0 Å². The van der Waals surface area contributed by atoms with Gasteiger partial charge in [-0.3, -0.25) is 0 Å². The summed E-state index contributed by atoms with van der Waals surface area (Å²) in [4.78, 5) is 4.97. The summed E-state index contributed by atoms with van der Waals surface area (Å²) >= 11 is 0. The molecule has 0 aliphatic heterocycles. The molecule has 0 saturated heterocycles. The van der Waals surface area contributed by atoms with Crippen molar-refractivity contribution in [3.05, 3.63) is 71.0 Å². The monoisotopic (exact) mass is 279 g/mol. The fourth-order valence-electron chi connectivity index (χ4n) is 1.66. The zero-order chi connectivity index (χ0) is 14.4. The van der Waals surface area contributed by atoms with E-state index in [4.69, 9.17) is 4.84 Å². The molecule has 0 bridgehead atoms. The summed E-state index contributed by atoms with van der Waals surface area (Å²) in [6.45, 7) is 0.0745. The maximum atomic E-state index is 12.9. The van der Waals surface area contributed by atoms with Crippen LogP contribution in [0.5, 0.6) is 0 Å². The van der Waals surface area contributed by atoms with Crippen LogP contribution < -0.4 is 0 Å². The number of halogens is 3. The molecule has 0 aromatic heterocycles. The summed E-state index contributed by atoms with van der Waals surface area (Å²) in [7, 11) is 0. The van der Waals surface area contributed by atoms with Gasteiger partial charge in [-0.25, -0.2) is 13.2 Å². The Hall–Kier alpha value is -2.30. The van der Waals surface area contributed by atoms with Crippen molar-refractivity contribution in [1.82, 2.24) is 0 Å². The number of nitrogens with zero attached hydrogens (tertiary/aromatic N) is 1. The lowest BCUT2D eigenvalue weighted by molar-refractivity contribution is 0.131. The van der Waals surface area contributed by atoms with Crippen molar-refractivity contribution in [3.63, 3.8) is 0 Å². The quantitative estimate of drug-likeness (QED) is 0.590. The van der Waals surface area contributed by atoms with Crippen LogP contribution >= 0.6 is 0 Å². The highest BCUT2D eigenvalue weighted by Crippen LogP contribution is 2.21. The zero-order valence-electron chi connectivity index (χ0n) is 10.5. The van der Waals surface area contributed by atoms with Crippen LogP contribution in [0.2, 0.25) is 0 Å². The second-order valence-electron chi connectivity index (χ2n) is 4.07. The molecular weight excluding hydrogens is 267 g/mol. The van der Waals surface area contributed by atoms with Crippen LogP contribution in [0.3, 0.4) is 0 Å². The second-order valence-corrected chi connectivity index (χ2v) is 4.07. The van der Waals surface area contributed by atoms with E-state index in [9.17, 15) is 13.2 Å². The van der Waals surface area contributed by atoms with Crippen molar-refractivity contribution in [3.8, 4) is 0 Å². The van der Waals surface area contributed by atoms with Crippen LogP contribution in [0.1, 0.15) is 23.1 Å². The van der Waals surface area contributed by atoms with Crippen LogP contribution in [0, 0.1) is 5.82 Å². The maximum Gasteiger partial charge on any atom is 0.264 e. The van der Waals surface area contributed by atoms with Gasteiger partial charge in [0.1, 0.15) is 12.4 Å². The second kappa shape index (κ2) is 6.75. The third-order valence-corrected chi connectivity index (χ3v) is 2.62. The molecule has 0 amide bonds. The van der Waals surface area contributed by atoms with Gasteiger partial charge in [0, 0.05) is 11.1 Å². The van der Waals surface area contributed by atoms with Gasteiger partial charge in [-0.15, -0.1) is 0 Å². The maximum absolute atomic E-state index is 12.9. The fraction of sp³-hybridized carbons (Fsp3) is 0.133. The molecule has 0 spiro atoms. The van der Waals surface area contributed by atoms with Gasteiger partial charge in [0.2, 0.25) is 0 Å². The lowest BCUT2D eigenvalue weighted by Crippen LogP contribution is -1.94. The summed E-state index contributed by atoms with van der Waals surface area (Å²) in [5, 5.41) is 3.63. The standard InChI is InChI=1S/C15H12F3NO/c16-13-6-3-4-11(8-13)10-20-19-9-12-5-1-2-7-14(12)15(17)18/h1-9,15H,10H2. The molecule has 0 saturated carbocycles. The van der Waals surface area contributed by atoms with E-state index in [2.05, 4.69) is 5.16 Å². The number of hydrogen-bond acceptors (Lipinski definition) is 2. The average molecular weight is 279 g/mol. The molecule has 0 atom stereocenters. The van der Waals surface area contributed by atoms with Gasteiger partial charge in [-0.1, -0.05) is 41.6 Å². The molecule has 2 rings (SSSR count). The number of rotatable bonds is 5. The Balaban J connectivity index is 1.97. The lowest BCUT2D eigenvalue weighted by atomic mass is 10.1. The molecule has 0 radical (unpaired) electrons. The number of benzene rings is 2. The average Bonchev–Trinajstić information content (AvgIpc) is 2.44. The number of hydrogen-bond donors (Lipinski definition) is 0. The molecule has 104 valence electrons. The third-order valence-electron chi connectivity index (χ3n) is 2.62. The van der Waals surface area contributed by atoms with Gasteiger partial charge in [0.05, 0.1) is 6.21 Å². The molecule has 2 aromatic carbocycles. The highest BCUT2D eigenvalue weighted by Gasteiger charge is 2.10. The molecule has 20 heavy (non-hydrogen) atoms. The minimum Gasteiger partial charge on any atom is -0.391 e. The number of oxime groups is 1. The molecule has 0 aliphatic carbocycles. The Kier molecular flexibility index (Phi) is 4.76. The van der Waals surface area contributed by atoms with Gasteiger partial charge < -0.3 is 4.84 Å². The lowest BCUT2D eigenvalue weighted by Gasteiger charge is -2.03. The summed E-state index contributed by atoms with van der Waals surface area (Å²) in [6.07, 6.45) is -1.35. The largest absolute Gasteiger partial charge is 0.391 e. The number of alkyl halides is 2. The van der Waals surface area contributed by atoms with E-state index < -0.39 is 6.43 Å². The van der Waals surface area contributed by atoms with Crippen LogP contribution in [-0.4, -0.2) is 6.21 Å². The summed E-state index contributed by atoms with van der Waals surface area (Å²) in [5.74, 6) is -0.363. The highest BCUT2D eigenvalue weighted by molar-refractivity contribution is 5.81. The molecule has 0 heterocycles. The van der Waals surface area contributed by atoms with E-state index in [1.165, 1.54) is 36.5 Å². The first kappa shape index (κ1) is 14.1. The first-order chi connectivity index (χ1) is 9.66. The summed E-state index contributed by atoms with van der Waals surface area (Å²) in [5.41, 5.74) is 0.802. The van der Waals surface area contributed by atoms with Crippen LogP contribution in [0.15, 0.2) is 53.7 Å². The summed E-state index contributed by atoms with van der Waals surface area (Å²) < 4.78 is 38.3. The highest BCUT2D eigenvalue weighted by atomic mass is 19.3. The van der Waals surface area contributed by atoms with Crippen LogP contribution in [0.25, 0.3) is 0 Å². The van der Waals surface area contributed by atoms with Crippen molar-refractivity contribution in [2.75, 3.05) is 0 Å². The van der Waals surface area contributed by atoms with Crippen molar-refractivity contribution in [2.24, 2.45) is 5.16 Å². The molecular formula is C15H12F3NO. The Morgan fingerprint density at radius 2 is 1.90 bits per heavy atom. The van der Waals surface area contributed by atoms with Crippen LogP contribution in [0.4, 0.5) is 13.2 Å². The van der Waals surface area contributed by atoms with Gasteiger partial charge in [0.25, 0.3) is 6.43 Å². The van der Waals surface area contributed by atoms with Gasteiger partial charge >= 0.3 is 0 Å². The first-order valence-corrected chi connectivity index (χ1v) is 5.93. The Morgan fingerprint density at radius 1 is 1.10 bits per heavy atom. The van der Waals surface area contributed by atoms with E-state index >= 15 is 0 Å². The third kappa shape index (κ3) is 3.85. The van der Waals surface area contributed by atoms with E-state index in [1.54, 1.807) is 18.2 Å². The Labute approximate surface area is 114 Å². The fourth-order valence-corrected chi connectivity index (χ4v) is 1.66. The Bertz CT molecular complexity index is 599. The minimum absolute atomic E-state index is 0.0745. The molecule has 5 heteroatoms. The van der Waals surface area contributed by atoms with E-state index in [-0.39, 0.29) is 18.0 Å². The van der Waals surface area contributed by atoms with Crippen LogP contribution in [-0.2, 0) is 11.4 Å². The van der Waals surface area contributed by atoms with Crippen molar-refractivity contribution >= 4 is 6.21 Å². The van der Waals surface area contributed by atoms with Crippen molar-refractivity contribution < 1.29 is 18.0 Å². The topological polar surface area (TPSA) is 21.6 Å². The molecule has 0 N–H and O–H groups in total. The molecule has 2 aromatic rings. The molecule has 0 aliphatic rings. The minimum atomic E-state index is -2.57. The zero-order valence-corrected chi connectivity index (χ0v) is 10.5. The van der Waals surface area contributed by atoms with Gasteiger partial charge in [0.15, 0.2) is 0 Å². The van der Waals surface area contributed by atoms with E-state index in [0.29, 0.717) is 11.1 Å². The van der Waals surface area contributed by atoms with E-state index in [0.717, 1.165) is 0 Å². The summed E-state index contributed by atoms with van der Waals surface area (Å²) in [6, 6.07) is 11.9. The predicted octanol–water partition coefficient (Wildman–Crippen LogP) is 4.31. The molecule has 2 nitrogen and oxygen atoms in total.